The molecule has 0 saturated carbocycles. The summed E-state index contributed by atoms with van der Waals surface area (Å²) in [4.78, 5) is 0.242. The van der Waals surface area contributed by atoms with E-state index in [1.165, 1.54) is 0 Å². The van der Waals surface area contributed by atoms with Gasteiger partial charge in [-0.15, -0.1) is 0 Å². The maximum absolute atomic E-state index is 12.1. The molecule has 1 heterocycles. The number of benzene rings is 1. The molecule has 0 saturated heterocycles. The van der Waals surface area contributed by atoms with Gasteiger partial charge in [0, 0.05) is 19.3 Å². The van der Waals surface area contributed by atoms with Gasteiger partial charge < -0.3 is 4.74 Å². The molecule has 0 aliphatic rings. The second-order valence-corrected chi connectivity index (χ2v) is 6.64. The van der Waals surface area contributed by atoms with E-state index in [2.05, 4.69) is 9.82 Å². The van der Waals surface area contributed by atoms with Gasteiger partial charge in [0.15, 0.2) is 0 Å². The third-order valence-corrected chi connectivity index (χ3v) is 4.55. The van der Waals surface area contributed by atoms with E-state index < -0.39 is 10.0 Å². The Hall–Kier alpha value is -1.86. The number of nitrogens with one attached hydrogen (secondary N) is 1. The van der Waals surface area contributed by atoms with Crippen molar-refractivity contribution < 1.29 is 13.2 Å². The lowest BCUT2D eigenvalue weighted by molar-refractivity contribution is 0.340. The van der Waals surface area contributed by atoms with E-state index in [0.717, 1.165) is 5.69 Å². The molecule has 0 unspecified atom stereocenters. The van der Waals surface area contributed by atoms with Crippen LogP contribution in [0.25, 0.3) is 0 Å². The van der Waals surface area contributed by atoms with Crippen molar-refractivity contribution in [1.82, 2.24) is 14.5 Å². The minimum atomic E-state index is -3.48. The molecule has 0 radical (unpaired) electrons. The van der Waals surface area contributed by atoms with Crippen molar-refractivity contribution >= 4 is 10.0 Å². The normalized spacial score (nSPS) is 11.5. The molecule has 6 nitrogen and oxygen atoms in total. The molecule has 2 rings (SSSR count). The summed E-state index contributed by atoms with van der Waals surface area (Å²) in [5, 5.41) is 4.26. The van der Waals surface area contributed by atoms with Crippen LogP contribution in [0.4, 0.5) is 0 Å². The number of aryl methyl sites for hydroxylation is 2. The van der Waals surface area contributed by atoms with Gasteiger partial charge in [-0.25, -0.2) is 13.1 Å². The summed E-state index contributed by atoms with van der Waals surface area (Å²) in [6, 6.07) is 8.33. The fourth-order valence-electron chi connectivity index (χ4n) is 2.00. The first kappa shape index (κ1) is 16.5. The fourth-order valence-corrected chi connectivity index (χ4v) is 3.07. The van der Waals surface area contributed by atoms with E-state index in [1.54, 1.807) is 28.9 Å². The molecular weight excluding hydrogens is 302 g/mol. The van der Waals surface area contributed by atoms with Gasteiger partial charge in [-0.2, -0.15) is 5.10 Å². The molecule has 2 aromatic rings. The molecule has 0 atom stereocenters. The highest BCUT2D eigenvalue weighted by molar-refractivity contribution is 7.89. The van der Waals surface area contributed by atoms with Crippen LogP contribution in [0.5, 0.6) is 5.75 Å². The Morgan fingerprint density at radius 3 is 2.55 bits per heavy atom. The second kappa shape index (κ2) is 7.42. The van der Waals surface area contributed by atoms with Gasteiger partial charge in [-0.3, -0.25) is 4.68 Å². The van der Waals surface area contributed by atoms with Crippen LogP contribution in [0, 0.1) is 6.92 Å². The standard InChI is InChI=1S/C15H21N3O3S/c1-3-21-14-5-7-15(8-6-14)22(19,20)16-10-4-11-18-12-9-13(2)17-18/h5-9,12,16H,3-4,10-11H2,1-2H3. The van der Waals surface area contributed by atoms with Crippen molar-refractivity contribution in [2.24, 2.45) is 0 Å². The monoisotopic (exact) mass is 323 g/mol. The lowest BCUT2D eigenvalue weighted by Crippen LogP contribution is -2.25. The number of hydrogen-bond donors (Lipinski definition) is 1. The molecule has 1 aromatic carbocycles. The Morgan fingerprint density at radius 2 is 1.95 bits per heavy atom. The van der Waals surface area contributed by atoms with Gasteiger partial charge in [0.2, 0.25) is 10.0 Å². The highest BCUT2D eigenvalue weighted by atomic mass is 32.2. The van der Waals surface area contributed by atoms with Gasteiger partial charge in [-0.1, -0.05) is 0 Å². The van der Waals surface area contributed by atoms with E-state index >= 15 is 0 Å². The quantitative estimate of drug-likeness (QED) is 0.754. The van der Waals surface area contributed by atoms with Crippen LogP contribution in [0.1, 0.15) is 19.0 Å². The molecule has 1 N–H and O–H groups in total. The van der Waals surface area contributed by atoms with Crippen LogP contribution in [-0.2, 0) is 16.6 Å². The van der Waals surface area contributed by atoms with E-state index in [9.17, 15) is 8.42 Å². The maximum Gasteiger partial charge on any atom is 0.240 e. The number of sulfonamides is 1. The molecule has 22 heavy (non-hydrogen) atoms. The number of rotatable bonds is 8. The molecule has 1 aromatic heterocycles. The topological polar surface area (TPSA) is 73.2 Å². The van der Waals surface area contributed by atoms with Gasteiger partial charge in [-0.05, 0) is 50.6 Å². The van der Waals surface area contributed by atoms with Gasteiger partial charge in [0.1, 0.15) is 5.75 Å². The highest BCUT2D eigenvalue weighted by Crippen LogP contribution is 2.15. The Labute approximate surface area is 131 Å². The molecule has 0 aliphatic heterocycles. The average molecular weight is 323 g/mol. The van der Waals surface area contributed by atoms with Crippen LogP contribution in [0.15, 0.2) is 41.4 Å². The third kappa shape index (κ3) is 4.57. The summed E-state index contributed by atoms with van der Waals surface area (Å²) >= 11 is 0. The zero-order valence-corrected chi connectivity index (χ0v) is 13.6. The Kier molecular flexibility index (Phi) is 5.57. The molecule has 0 amide bonds. The number of ether oxygens (including phenoxy) is 1. The first-order valence-corrected chi connectivity index (χ1v) is 8.72. The Morgan fingerprint density at radius 1 is 1.23 bits per heavy atom. The largest absolute Gasteiger partial charge is 0.494 e. The molecule has 0 aliphatic carbocycles. The first-order chi connectivity index (χ1) is 10.5. The van der Waals surface area contributed by atoms with Crippen LogP contribution in [0.3, 0.4) is 0 Å². The lowest BCUT2D eigenvalue weighted by atomic mass is 10.3. The van der Waals surface area contributed by atoms with Crippen LogP contribution in [-0.4, -0.2) is 31.3 Å². The molecule has 120 valence electrons. The zero-order valence-electron chi connectivity index (χ0n) is 12.8. The summed E-state index contributed by atoms with van der Waals surface area (Å²) in [6.07, 6.45) is 2.56. The highest BCUT2D eigenvalue weighted by Gasteiger charge is 2.13. The number of nitrogens with zero attached hydrogens (tertiary/aromatic N) is 2. The predicted molar refractivity (Wildman–Crippen MR) is 84.4 cm³/mol. The van der Waals surface area contributed by atoms with Crippen molar-refractivity contribution in [3.63, 3.8) is 0 Å². The van der Waals surface area contributed by atoms with Crippen molar-refractivity contribution in [1.29, 1.82) is 0 Å². The van der Waals surface area contributed by atoms with Crippen LogP contribution >= 0.6 is 0 Å². The zero-order chi connectivity index (χ0) is 16.0. The van der Waals surface area contributed by atoms with Crippen LogP contribution < -0.4 is 9.46 Å². The average Bonchev–Trinajstić information content (AvgIpc) is 2.90. The lowest BCUT2D eigenvalue weighted by Gasteiger charge is -2.08. The minimum Gasteiger partial charge on any atom is -0.494 e. The summed E-state index contributed by atoms with van der Waals surface area (Å²) < 4.78 is 34.0. The molecule has 0 bridgehead atoms. The van der Waals surface area contributed by atoms with Crippen molar-refractivity contribution in [3.8, 4) is 5.75 Å². The molecule has 7 heteroatoms. The maximum atomic E-state index is 12.1. The SMILES string of the molecule is CCOc1ccc(S(=O)(=O)NCCCn2ccc(C)n2)cc1. The molecular formula is C15H21N3O3S. The van der Waals surface area contributed by atoms with Gasteiger partial charge in [0.25, 0.3) is 0 Å². The third-order valence-electron chi connectivity index (χ3n) is 3.08. The Balaban J connectivity index is 1.85. The van der Waals surface area contributed by atoms with E-state index in [-0.39, 0.29) is 4.90 Å². The summed E-state index contributed by atoms with van der Waals surface area (Å²) in [6.45, 7) is 5.41. The molecule has 0 spiro atoms. The first-order valence-electron chi connectivity index (χ1n) is 7.24. The Bertz CT molecular complexity index is 693. The number of hydrogen-bond acceptors (Lipinski definition) is 4. The summed E-state index contributed by atoms with van der Waals surface area (Å²) in [5.74, 6) is 0.663. The second-order valence-electron chi connectivity index (χ2n) is 4.88. The minimum absolute atomic E-state index is 0.242. The smallest absolute Gasteiger partial charge is 0.240 e. The van der Waals surface area contributed by atoms with Crippen molar-refractivity contribution in [3.05, 3.63) is 42.2 Å². The molecule has 0 fully saturated rings. The van der Waals surface area contributed by atoms with E-state index in [4.69, 9.17) is 4.74 Å². The summed E-state index contributed by atoms with van der Waals surface area (Å²) in [5.41, 5.74) is 0.954. The van der Waals surface area contributed by atoms with E-state index in [0.29, 0.717) is 31.9 Å². The van der Waals surface area contributed by atoms with Crippen molar-refractivity contribution in [2.45, 2.75) is 31.7 Å². The number of aromatic nitrogens is 2. The van der Waals surface area contributed by atoms with Gasteiger partial charge >= 0.3 is 0 Å². The van der Waals surface area contributed by atoms with Crippen LogP contribution in [0.2, 0.25) is 0 Å². The van der Waals surface area contributed by atoms with Gasteiger partial charge in [0.05, 0.1) is 17.2 Å². The fraction of sp³-hybridized carbons (Fsp3) is 0.400. The summed E-state index contributed by atoms with van der Waals surface area (Å²) in [7, 11) is -3.48. The predicted octanol–water partition coefficient (Wildman–Crippen LogP) is 1.96. The van der Waals surface area contributed by atoms with E-state index in [1.807, 2.05) is 26.1 Å². The van der Waals surface area contributed by atoms with Crippen molar-refractivity contribution in [2.75, 3.05) is 13.2 Å².